The summed E-state index contributed by atoms with van der Waals surface area (Å²) in [6.45, 7) is 0.507. The van der Waals surface area contributed by atoms with Gasteiger partial charge in [-0.2, -0.15) is 21.6 Å². The molecule has 1 N–H and O–H groups in total. The fourth-order valence-corrected chi connectivity index (χ4v) is 4.56. The minimum atomic E-state index is -4.34. The van der Waals surface area contributed by atoms with Gasteiger partial charge in [0.1, 0.15) is 18.0 Å². The maximum atomic E-state index is 14.7. The number of nitrogens with zero attached hydrogens (tertiary/aromatic N) is 2. The monoisotopic (exact) mass is 437 g/mol. The summed E-state index contributed by atoms with van der Waals surface area (Å²) in [5.74, 6) is -1.72. The third kappa shape index (κ3) is 4.99. The van der Waals surface area contributed by atoms with Crippen LogP contribution in [0.25, 0.3) is 0 Å². The Bertz CT molecular complexity index is 947. The van der Waals surface area contributed by atoms with Crippen LogP contribution in [-0.4, -0.2) is 58.7 Å². The first kappa shape index (κ1) is 21.4. The van der Waals surface area contributed by atoms with Gasteiger partial charge >= 0.3 is 16.4 Å². The van der Waals surface area contributed by atoms with Crippen LogP contribution in [0.5, 0.6) is 5.75 Å². The molecule has 0 aromatic heterocycles. The first-order chi connectivity index (χ1) is 13.5. The fraction of sp³-hybridized carbons (Fsp3) is 0.471. The van der Waals surface area contributed by atoms with Gasteiger partial charge in [-0.05, 0) is 30.5 Å². The van der Waals surface area contributed by atoms with Crippen molar-refractivity contribution in [3.05, 3.63) is 35.2 Å². The molecule has 3 rings (SSSR count). The number of benzene rings is 1. The Balaban J connectivity index is 1.73. The minimum absolute atomic E-state index is 0.0563. The summed E-state index contributed by atoms with van der Waals surface area (Å²) < 4.78 is 83.5. The van der Waals surface area contributed by atoms with Crippen molar-refractivity contribution in [2.75, 3.05) is 37.6 Å². The molecule has 2 aliphatic rings. The van der Waals surface area contributed by atoms with Gasteiger partial charge in [0.25, 0.3) is 5.91 Å². The molecule has 29 heavy (non-hydrogen) atoms. The van der Waals surface area contributed by atoms with Crippen molar-refractivity contribution >= 4 is 21.8 Å². The molecule has 0 radical (unpaired) electrons. The van der Waals surface area contributed by atoms with E-state index < -0.39 is 34.7 Å². The Labute approximate surface area is 165 Å². The van der Waals surface area contributed by atoms with E-state index in [1.165, 1.54) is 13.2 Å². The lowest BCUT2D eigenvalue weighted by Crippen LogP contribution is -2.30. The SMILES string of the molecule is COc1cc(CCN2CC/C(=C\C(F)(F)F)C2)cc(F)c1N1CC(=O)NS1(=O)=O. The number of carbonyl (C=O) groups excluding carboxylic acids is 1. The van der Waals surface area contributed by atoms with Crippen molar-refractivity contribution in [1.29, 1.82) is 0 Å². The molecule has 0 aliphatic carbocycles. The van der Waals surface area contributed by atoms with Gasteiger partial charge in [0.2, 0.25) is 0 Å². The van der Waals surface area contributed by atoms with Gasteiger partial charge in [-0.25, -0.2) is 13.4 Å². The number of amides is 1. The molecule has 2 saturated heterocycles. The van der Waals surface area contributed by atoms with Gasteiger partial charge in [0.05, 0.1) is 7.11 Å². The predicted octanol–water partition coefficient (Wildman–Crippen LogP) is 1.75. The first-order valence-electron chi connectivity index (χ1n) is 8.68. The van der Waals surface area contributed by atoms with Gasteiger partial charge in [0, 0.05) is 25.7 Å². The van der Waals surface area contributed by atoms with Crippen molar-refractivity contribution < 1.29 is 35.5 Å². The van der Waals surface area contributed by atoms with E-state index in [0.29, 0.717) is 47.4 Å². The molecule has 1 aromatic carbocycles. The predicted molar refractivity (Wildman–Crippen MR) is 96.3 cm³/mol. The Morgan fingerprint density at radius 3 is 2.59 bits per heavy atom. The maximum absolute atomic E-state index is 14.7. The van der Waals surface area contributed by atoms with Crippen LogP contribution >= 0.6 is 0 Å². The third-order valence-corrected chi connectivity index (χ3v) is 6.02. The van der Waals surface area contributed by atoms with Crippen molar-refractivity contribution in [2.45, 2.75) is 19.0 Å². The maximum Gasteiger partial charge on any atom is 0.409 e. The zero-order valence-corrected chi connectivity index (χ0v) is 16.2. The second-order valence-electron chi connectivity index (χ2n) is 6.79. The van der Waals surface area contributed by atoms with Gasteiger partial charge in [-0.3, -0.25) is 9.69 Å². The summed E-state index contributed by atoms with van der Waals surface area (Å²) in [7, 11) is -2.95. The van der Waals surface area contributed by atoms with Crippen LogP contribution in [0, 0.1) is 5.82 Å². The number of carbonyl (C=O) groups is 1. The average Bonchev–Trinajstić information content (AvgIpc) is 3.13. The molecule has 2 heterocycles. The molecule has 12 heteroatoms. The number of hydrogen-bond donors (Lipinski definition) is 1. The molecule has 0 saturated carbocycles. The lowest BCUT2D eigenvalue weighted by atomic mass is 10.1. The standard InChI is InChI=1S/C17H19F4N3O4S/c1-28-14-7-11(2-4-23-5-3-12(9-23)8-17(19,20)21)6-13(18)16(14)24-10-15(25)22-29(24,26)27/h6-8H,2-5,9-10H2,1H3,(H,22,25)/b12-8+. The largest absolute Gasteiger partial charge is 0.494 e. The quantitative estimate of drug-likeness (QED) is 0.561. The van der Waals surface area contributed by atoms with E-state index in [1.54, 1.807) is 4.72 Å². The van der Waals surface area contributed by atoms with Gasteiger partial charge in [-0.1, -0.05) is 5.57 Å². The highest BCUT2D eigenvalue weighted by atomic mass is 32.2. The van der Waals surface area contributed by atoms with Crippen LogP contribution in [0.4, 0.5) is 23.2 Å². The molecule has 1 aromatic rings. The van der Waals surface area contributed by atoms with E-state index >= 15 is 0 Å². The highest BCUT2D eigenvalue weighted by Crippen LogP contribution is 2.35. The second-order valence-corrected chi connectivity index (χ2v) is 8.38. The summed E-state index contributed by atoms with van der Waals surface area (Å²) in [6, 6.07) is 2.60. The molecule has 2 aliphatic heterocycles. The molecule has 0 spiro atoms. The van der Waals surface area contributed by atoms with Crippen molar-refractivity contribution in [2.24, 2.45) is 0 Å². The zero-order valence-electron chi connectivity index (χ0n) is 15.4. The number of hydrogen-bond acceptors (Lipinski definition) is 5. The third-order valence-electron chi connectivity index (χ3n) is 4.64. The molecule has 0 bridgehead atoms. The minimum Gasteiger partial charge on any atom is -0.494 e. The number of likely N-dealkylation sites (tertiary alicyclic amines) is 1. The number of halogens is 4. The average molecular weight is 437 g/mol. The summed E-state index contributed by atoms with van der Waals surface area (Å²) in [6.07, 6.45) is -3.37. The Morgan fingerprint density at radius 2 is 2.00 bits per heavy atom. The number of rotatable bonds is 5. The molecular weight excluding hydrogens is 418 g/mol. The molecule has 1 amide bonds. The number of allylic oxidation sites excluding steroid dienone is 1. The van der Waals surface area contributed by atoms with Crippen LogP contribution in [0.2, 0.25) is 0 Å². The van der Waals surface area contributed by atoms with E-state index in [2.05, 4.69) is 0 Å². The van der Waals surface area contributed by atoms with Crippen LogP contribution < -0.4 is 13.8 Å². The number of alkyl halides is 3. The summed E-state index contributed by atoms with van der Waals surface area (Å²) >= 11 is 0. The molecule has 7 nitrogen and oxygen atoms in total. The van der Waals surface area contributed by atoms with Crippen LogP contribution in [-0.2, 0) is 21.4 Å². The smallest absolute Gasteiger partial charge is 0.409 e. The van der Waals surface area contributed by atoms with Crippen molar-refractivity contribution in [3.8, 4) is 5.75 Å². The topological polar surface area (TPSA) is 79.0 Å². The molecule has 2 fully saturated rings. The number of methoxy groups -OCH3 is 1. The van der Waals surface area contributed by atoms with Crippen LogP contribution in [0.1, 0.15) is 12.0 Å². The van der Waals surface area contributed by atoms with Gasteiger partial charge < -0.3 is 4.74 Å². The zero-order chi connectivity index (χ0) is 21.4. The number of anilines is 1. The van der Waals surface area contributed by atoms with Crippen molar-refractivity contribution in [3.63, 3.8) is 0 Å². The van der Waals surface area contributed by atoms with Gasteiger partial charge in [0.15, 0.2) is 5.82 Å². The van der Waals surface area contributed by atoms with E-state index in [4.69, 9.17) is 4.74 Å². The number of ether oxygens (including phenoxy) is 1. The summed E-state index contributed by atoms with van der Waals surface area (Å²) in [5.41, 5.74) is 0.423. The summed E-state index contributed by atoms with van der Waals surface area (Å²) in [4.78, 5) is 13.2. The second kappa shape index (κ2) is 7.82. The van der Waals surface area contributed by atoms with E-state index in [-0.39, 0.29) is 18.0 Å². The fourth-order valence-electron chi connectivity index (χ4n) is 3.39. The van der Waals surface area contributed by atoms with Gasteiger partial charge in [-0.15, -0.1) is 0 Å². The molecule has 0 atom stereocenters. The van der Waals surface area contributed by atoms with Crippen LogP contribution in [0.15, 0.2) is 23.8 Å². The molecular formula is C17H19F4N3O4S. The molecule has 160 valence electrons. The summed E-state index contributed by atoms with van der Waals surface area (Å²) in [5, 5.41) is 0. The Morgan fingerprint density at radius 1 is 1.28 bits per heavy atom. The lowest BCUT2D eigenvalue weighted by Gasteiger charge is -2.20. The first-order valence-corrected chi connectivity index (χ1v) is 10.1. The Kier molecular flexibility index (Phi) is 5.77. The normalized spacial score (nSPS) is 21.1. The number of nitrogens with one attached hydrogen (secondary N) is 1. The van der Waals surface area contributed by atoms with E-state index in [1.807, 2.05) is 4.90 Å². The lowest BCUT2D eigenvalue weighted by molar-refractivity contribution is -0.117. The van der Waals surface area contributed by atoms with Crippen molar-refractivity contribution in [1.82, 2.24) is 9.62 Å². The molecule has 0 unspecified atom stereocenters. The van der Waals surface area contributed by atoms with Crippen LogP contribution in [0.3, 0.4) is 0 Å². The highest BCUT2D eigenvalue weighted by Gasteiger charge is 2.37. The van der Waals surface area contributed by atoms with E-state index in [9.17, 15) is 30.8 Å². The van der Waals surface area contributed by atoms with E-state index in [0.717, 1.165) is 6.07 Å². The highest BCUT2D eigenvalue weighted by molar-refractivity contribution is 7.92. The Hall–Kier alpha value is -2.34.